The number of methoxy groups -OCH3 is 1. The molecule has 0 spiro atoms. The van der Waals surface area contributed by atoms with Gasteiger partial charge in [-0.25, -0.2) is 13.1 Å². The Morgan fingerprint density at radius 3 is 2.40 bits per heavy atom. The van der Waals surface area contributed by atoms with Crippen molar-refractivity contribution in [2.45, 2.75) is 10.8 Å². The molecule has 0 unspecified atom stereocenters. The van der Waals surface area contributed by atoms with Gasteiger partial charge in [-0.2, -0.15) is 0 Å². The van der Waals surface area contributed by atoms with Crippen molar-refractivity contribution < 1.29 is 13.2 Å². The molecule has 1 aromatic heterocycles. The van der Waals surface area contributed by atoms with Crippen LogP contribution in [0.1, 0.15) is 5.56 Å². The third-order valence-corrected chi connectivity index (χ3v) is 7.64. The van der Waals surface area contributed by atoms with Crippen molar-refractivity contribution in [3.63, 3.8) is 0 Å². The Morgan fingerprint density at radius 1 is 1.25 bits per heavy atom. The van der Waals surface area contributed by atoms with Crippen LogP contribution in [0.4, 0.5) is 0 Å². The van der Waals surface area contributed by atoms with Gasteiger partial charge in [-0.15, -0.1) is 11.3 Å². The fourth-order valence-corrected chi connectivity index (χ4v) is 5.33. The Kier molecular flexibility index (Phi) is 5.25. The van der Waals surface area contributed by atoms with E-state index in [0.717, 1.165) is 30.9 Å². The molecule has 20 heavy (non-hydrogen) atoms. The maximum absolute atomic E-state index is 12.1. The van der Waals surface area contributed by atoms with E-state index in [0.29, 0.717) is 0 Å². The minimum absolute atomic E-state index is 0.236. The minimum atomic E-state index is -3.50. The molecule has 8 heteroatoms. The van der Waals surface area contributed by atoms with Crippen molar-refractivity contribution in [3.8, 4) is 5.75 Å². The zero-order valence-electron chi connectivity index (χ0n) is 10.4. The van der Waals surface area contributed by atoms with Crippen LogP contribution >= 0.6 is 43.2 Å². The number of thiophene rings is 1. The maximum atomic E-state index is 12.1. The number of halogens is 2. The van der Waals surface area contributed by atoms with Crippen LogP contribution in [0.15, 0.2) is 42.8 Å². The van der Waals surface area contributed by atoms with Gasteiger partial charge in [0.15, 0.2) is 0 Å². The van der Waals surface area contributed by atoms with E-state index in [4.69, 9.17) is 4.74 Å². The predicted octanol–water partition coefficient (Wildman–Crippen LogP) is 3.76. The van der Waals surface area contributed by atoms with Gasteiger partial charge in [-0.1, -0.05) is 12.1 Å². The molecule has 0 aliphatic carbocycles. The van der Waals surface area contributed by atoms with Crippen LogP contribution in [-0.4, -0.2) is 15.5 Å². The summed E-state index contributed by atoms with van der Waals surface area (Å²) in [4.78, 5) is 0. The second-order valence-electron chi connectivity index (χ2n) is 3.86. The van der Waals surface area contributed by atoms with Gasteiger partial charge in [0.2, 0.25) is 10.0 Å². The van der Waals surface area contributed by atoms with Gasteiger partial charge in [-0.3, -0.25) is 0 Å². The molecule has 2 aromatic rings. The van der Waals surface area contributed by atoms with Gasteiger partial charge in [0.1, 0.15) is 9.96 Å². The van der Waals surface area contributed by atoms with E-state index in [1.165, 1.54) is 0 Å². The molecule has 1 heterocycles. The summed E-state index contributed by atoms with van der Waals surface area (Å²) in [6, 6.07) is 8.80. The zero-order valence-corrected chi connectivity index (χ0v) is 15.2. The first-order valence-electron chi connectivity index (χ1n) is 5.50. The van der Waals surface area contributed by atoms with E-state index in [1.54, 1.807) is 25.3 Å². The first kappa shape index (κ1) is 16.0. The highest BCUT2D eigenvalue weighted by molar-refractivity contribution is 9.13. The molecule has 0 aliphatic heterocycles. The molecule has 1 N–H and O–H groups in total. The van der Waals surface area contributed by atoms with Crippen molar-refractivity contribution in [2.75, 3.05) is 7.11 Å². The summed E-state index contributed by atoms with van der Waals surface area (Å²) in [5.41, 5.74) is 0.865. The molecule has 0 bridgehead atoms. The molecule has 0 fully saturated rings. The lowest BCUT2D eigenvalue weighted by Gasteiger charge is -2.05. The van der Waals surface area contributed by atoms with Crippen LogP contribution in [0.25, 0.3) is 0 Å². The molecule has 0 atom stereocenters. The van der Waals surface area contributed by atoms with Crippen molar-refractivity contribution in [1.29, 1.82) is 0 Å². The first-order valence-corrected chi connectivity index (χ1v) is 9.38. The topological polar surface area (TPSA) is 55.4 Å². The fraction of sp³-hybridized carbons (Fsp3) is 0.167. The summed E-state index contributed by atoms with van der Waals surface area (Å²) in [6.45, 7) is 0.236. The van der Waals surface area contributed by atoms with Crippen molar-refractivity contribution in [1.82, 2.24) is 4.72 Å². The number of nitrogens with one attached hydrogen (secondary N) is 1. The highest BCUT2D eigenvalue weighted by Crippen LogP contribution is 2.34. The predicted molar refractivity (Wildman–Crippen MR) is 86.7 cm³/mol. The van der Waals surface area contributed by atoms with Gasteiger partial charge in [0, 0.05) is 11.0 Å². The second-order valence-corrected chi connectivity index (χ2v) is 9.08. The van der Waals surface area contributed by atoms with Crippen LogP contribution in [0.5, 0.6) is 5.75 Å². The summed E-state index contributed by atoms with van der Waals surface area (Å²) < 4.78 is 33.6. The summed E-state index contributed by atoms with van der Waals surface area (Å²) in [5, 5.41) is 0. The standard InChI is InChI=1S/C12H11Br2NO3S2/c1-18-9-4-2-8(3-5-9)7-15-20(16,17)11-6-10(13)12(14)19-11/h2-6,15H,7H2,1H3. The lowest BCUT2D eigenvalue weighted by Crippen LogP contribution is -2.22. The Morgan fingerprint density at radius 2 is 1.90 bits per heavy atom. The number of hydrogen-bond acceptors (Lipinski definition) is 4. The summed E-state index contributed by atoms with van der Waals surface area (Å²) in [6.07, 6.45) is 0. The molecule has 0 saturated heterocycles. The van der Waals surface area contributed by atoms with Gasteiger partial charge >= 0.3 is 0 Å². The number of benzene rings is 1. The van der Waals surface area contributed by atoms with E-state index in [2.05, 4.69) is 36.6 Å². The maximum Gasteiger partial charge on any atom is 0.250 e. The van der Waals surface area contributed by atoms with E-state index in [-0.39, 0.29) is 10.8 Å². The third-order valence-electron chi connectivity index (χ3n) is 2.51. The smallest absolute Gasteiger partial charge is 0.250 e. The number of ether oxygens (including phenoxy) is 1. The van der Waals surface area contributed by atoms with Crippen LogP contribution in [0, 0.1) is 0 Å². The average molecular weight is 441 g/mol. The number of hydrogen-bond donors (Lipinski definition) is 1. The summed E-state index contributed by atoms with van der Waals surface area (Å²) >= 11 is 7.73. The van der Waals surface area contributed by atoms with Crippen LogP contribution in [0.3, 0.4) is 0 Å². The molecule has 0 saturated carbocycles. The highest BCUT2D eigenvalue weighted by atomic mass is 79.9. The summed E-state index contributed by atoms with van der Waals surface area (Å²) in [5.74, 6) is 0.739. The van der Waals surface area contributed by atoms with E-state index >= 15 is 0 Å². The van der Waals surface area contributed by atoms with Gasteiger partial charge < -0.3 is 4.74 Å². The largest absolute Gasteiger partial charge is 0.497 e. The molecule has 108 valence electrons. The Labute approximate surface area is 138 Å². The Hall–Kier alpha value is -0.410. The quantitative estimate of drug-likeness (QED) is 0.769. The van der Waals surface area contributed by atoms with Crippen LogP contribution in [-0.2, 0) is 16.6 Å². The van der Waals surface area contributed by atoms with E-state index in [1.807, 2.05) is 12.1 Å². The van der Waals surface area contributed by atoms with Crippen molar-refractivity contribution in [3.05, 3.63) is 44.2 Å². The zero-order chi connectivity index (χ0) is 14.8. The highest BCUT2D eigenvalue weighted by Gasteiger charge is 2.18. The molecule has 0 amide bonds. The van der Waals surface area contributed by atoms with Gasteiger partial charge in [0.25, 0.3) is 0 Å². The van der Waals surface area contributed by atoms with Gasteiger partial charge in [-0.05, 0) is 55.6 Å². The normalized spacial score (nSPS) is 11.6. The molecular weight excluding hydrogens is 430 g/mol. The van der Waals surface area contributed by atoms with E-state index < -0.39 is 10.0 Å². The van der Waals surface area contributed by atoms with Gasteiger partial charge in [0.05, 0.1) is 10.9 Å². The molecule has 4 nitrogen and oxygen atoms in total. The van der Waals surface area contributed by atoms with Crippen LogP contribution in [0.2, 0.25) is 0 Å². The van der Waals surface area contributed by atoms with Crippen molar-refractivity contribution >= 4 is 53.2 Å². The lowest BCUT2D eigenvalue weighted by atomic mass is 10.2. The number of sulfonamides is 1. The summed E-state index contributed by atoms with van der Waals surface area (Å²) in [7, 11) is -1.91. The molecule has 0 radical (unpaired) electrons. The Balaban J connectivity index is 2.08. The van der Waals surface area contributed by atoms with Crippen LogP contribution < -0.4 is 9.46 Å². The average Bonchev–Trinajstić information content (AvgIpc) is 2.78. The minimum Gasteiger partial charge on any atom is -0.497 e. The monoisotopic (exact) mass is 439 g/mol. The lowest BCUT2D eigenvalue weighted by molar-refractivity contribution is 0.414. The molecule has 0 aliphatic rings. The molecular formula is C12H11Br2NO3S2. The molecule has 1 aromatic carbocycles. The first-order chi connectivity index (χ1) is 9.42. The second kappa shape index (κ2) is 6.57. The Bertz CT molecular complexity index is 676. The fourth-order valence-electron chi connectivity index (χ4n) is 1.45. The van der Waals surface area contributed by atoms with E-state index in [9.17, 15) is 8.42 Å². The number of rotatable bonds is 5. The van der Waals surface area contributed by atoms with Crippen molar-refractivity contribution in [2.24, 2.45) is 0 Å². The molecule has 2 rings (SSSR count). The third kappa shape index (κ3) is 3.82. The SMILES string of the molecule is COc1ccc(CNS(=O)(=O)c2cc(Br)c(Br)s2)cc1.